The van der Waals surface area contributed by atoms with Gasteiger partial charge in [-0.2, -0.15) is 0 Å². The van der Waals surface area contributed by atoms with E-state index in [0.717, 1.165) is 12.8 Å². The highest BCUT2D eigenvalue weighted by Crippen LogP contribution is 2.22. The van der Waals surface area contributed by atoms with Crippen LogP contribution in [0.15, 0.2) is 12.4 Å². The molecule has 0 aromatic carbocycles. The Bertz CT molecular complexity index is 644. The maximum Gasteiger partial charge on any atom is 0.410 e. The number of hydrogen-bond acceptors (Lipinski definition) is 5. The van der Waals surface area contributed by atoms with Crippen LogP contribution < -0.4 is 5.32 Å². The molecule has 0 aliphatic carbocycles. The molecule has 1 saturated heterocycles. The molecular weight excluding hydrogens is 332 g/mol. The Hall–Kier alpha value is -2.18. The van der Waals surface area contributed by atoms with E-state index in [4.69, 9.17) is 4.74 Å². The van der Waals surface area contributed by atoms with E-state index in [1.165, 1.54) is 4.90 Å². The fraction of sp³-hybridized carbons (Fsp3) is 0.684. The molecule has 1 aliphatic rings. The molecule has 7 heteroatoms. The van der Waals surface area contributed by atoms with Gasteiger partial charge in [0.25, 0.3) is 0 Å². The van der Waals surface area contributed by atoms with Gasteiger partial charge in [0, 0.05) is 12.0 Å². The number of aromatic nitrogens is 2. The minimum atomic E-state index is -0.591. The molecule has 1 atom stereocenters. The molecule has 26 heavy (non-hydrogen) atoms. The first-order chi connectivity index (χ1) is 12.0. The first-order valence-corrected chi connectivity index (χ1v) is 9.10. The Balaban J connectivity index is 2.07. The minimum Gasteiger partial charge on any atom is -0.444 e. The summed E-state index contributed by atoms with van der Waals surface area (Å²) in [7, 11) is 0. The van der Waals surface area contributed by atoms with Crippen LogP contribution >= 0.6 is 0 Å². The second-order valence-electron chi connectivity index (χ2n) is 8.72. The van der Waals surface area contributed by atoms with Gasteiger partial charge in [0.1, 0.15) is 17.5 Å². The molecule has 1 aromatic heterocycles. The smallest absolute Gasteiger partial charge is 0.410 e. The van der Waals surface area contributed by atoms with Crippen LogP contribution in [0, 0.1) is 0 Å². The van der Waals surface area contributed by atoms with Gasteiger partial charge in [-0.1, -0.05) is 20.8 Å². The molecule has 1 unspecified atom stereocenters. The van der Waals surface area contributed by atoms with Crippen molar-refractivity contribution in [2.75, 3.05) is 11.9 Å². The van der Waals surface area contributed by atoms with Gasteiger partial charge >= 0.3 is 6.09 Å². The molecule has 1 aromatic rings. The van der Waals surface area contributed by atoms with Crippen molar-refractivity contribution < 1.29 is 14.3 Å². The normalized spacial score (nSPS) is 18.4. The number of amides is 2. The Kier molecular flexibility index (Phi) is 5.88. The fourth-order valence-corrected chi connectivity index (χ4v) is 2.75. The highest BCUT2D eigenvalue weighted by atomic mass is 16.6. The van der Waals surface area contributed by atoms with Gasteiger partial charge < -0.3 is 10.1 Å². The van der Waals surface area contributed by atoms with E-state index in [9.17, 15) is 9.59 Å². The van der Waals surface area contributed by atoms with Gasteiger partial charge in [-0.25, -0.2) is 14.8 Å². The third-order valence-corrected chi connectivity index (χ3v) is 4.02. The fourth-order valence-electron chi connectivity index (χ4n) is 2.75. The van der Waals surface area contributed by atoms with E-state index >= 15 is 0 Å². The predicted molar refractivity (Wildman–Crippen MR) is 99.9 cm³/mol. The lowest BCUT2D eigenvalue weighted by Gasteiger charge is -2.35. The lowest BCUT2D eigenvalue weighted by atomic mass is 9.96. The number of hydrogen-bond donors (Lipinski definition) is 1. The van der Waals surface area contributed by atoms with E-state index in [2.05, 4.69) is 15.3 Å². The molecule has 2 amide bonds. The monoisotopic (exact) mass is 362 g/mol. The van der Waals surface area contributed by atoms with Crippen LogP contribution in [0.4, 0.5) is 10.5 Å². The van der Waals surface area contributed by atoms with Crippen molar-refractivity contribution in [3.63, 3.8) is 0 Å². The molecule has 0 saturated carbocycles. The topological polar surface area (TPSA) is 84.4 Å². The van der Waals surface area contributed by atoms with Gasteiger partial charge in [0.2, 0.25) is 5.91 Å². The summed E-state index contributed by atoms with van der Waals surface area (Å²) in [6.45, 7) is 12.1. The van der Waals surface area contributed by atoms with Crippen LogP contribution in [0.5, 0.6) is 0 Å². The van der Waals surface area contributed by atoms with Gasteiger partial charge in [0.05, 0.1) is 18.1 Å². The quantitative estimate of drug-likeness (QED) is 0.870. The summed E-state index contributed by atoms with van der Waals surface area (Å²) in [6, 6.07) is -0.541. The van der Waals surface area contributed by atoms with Crippen LogP contribution in [0.2, 0.25) is 0 Å². The zero-order chi connectivity index (χ0) is 19.5. The molecule has 1 N–H and O–H groups in total. The molecule has 1 aliphatic heterocycles. The zero-order valence-corrected chi connectivity index (χ0v) is 16.6. The summed E-state index contributed by atoms with van der Waals surface area (Å²) in [5.41, 5.74) is -0.219. The van der Waals surface area contributed by atoms with Crippen LogP contribution in [-0.4, -0.2) is 45.1 Å². The van der Waals surface area contributed by atoms with Gasteiger partial charge in [-0.3, -0.25) is 9.69 Å². The molecule has 1 fully saturated rings. The first-order valence-electron chi connectivity index (χ1n) is 9.10. The Morgan fingerprint density at radius 3 is 2.27 bits per heavy atom. The van der Waals surface area contributed by atoms with E-state index < -0.39 is 17.7 Å². The summed E-state index contributed by atoms with van der Waals surface area (Å²) in [5, 5.41) is 2.82. The summed E-state index contributed by atoms with van der Waals surface area (Å²) in [6.07, 6.45) is 5.14. The second kappa shape index (κ2) is 7.60. The average Bonchev–Trinajstić information content (AvgIpc) is 2.53. The molecule has 7 nitrogen and oxygen atoms in total. The Morgan fingerprint density at radius 1 is 1.12 bits per heavy atom. The third kappa shape index (κ3) is 5.41. The lowest BCUT2D eigenvalue weighted by Crippen LogP contribution is -2.51. The summed E-state index contributed by atoms with van der Waals surface area (Å²) in [4.78, 5) is 35.3. The van der Waals surface area contributed by atoms with Crippen molar-refractivity contribution in [2.24, 2.45) is 0 Å². The molecule has 144 valence electrons. The van der Waals surface area contributed by atoms with Gasteiger partial charge in [0.15, 0.2) is 0 Å². The third-order valence-electron chi connectivity index (χ3n) is 4.02. The van der Waals surface area contributed by atoms with Crippen molar-refractivity contribution in [3.8, 4) is 0 Å². The number of nitrogens with zero attached hydrogens (tertiary/aromatic N) is 3. The number of piperidine rings is 1. The first kappa shape index (κ1) is 20.1. The maximum absolute atomic E-state index is 12.7. The van der Waals surface area contributed by atoms with Crippen LogP contribution in [0.1, 0.15) is 66.6 Å². The van der Waals surface area contributed by atoms with Crippen LogP contribution in [0.3, 0.4) is 0 Å². The predicted octanol–water partition coefficient (Wildman–Crippen LogP) is 3.50. The van der Waals surface area contributed by atoms with E-state index in [-0.39, 0.29) is 11.3 Å². The van der Waals surface area contributed by atoms with Gasteiger partial charge in [-0.05, 0) is 40.0 Å². The highest BCUT2D eigenvalue weighted by Gasteiger charge is 2.35. The number of rotatable bonds is 2. The summed E-state index contributed by atoms with van der Waals surface area (Å²) in [5.74, 6) is 0.478. The zero-order valence-electron chi connectivity index (χ0n) is 16.6. The number of carbonyl (C=O) groups is 2. The largest absolute Gasteiger partial charge is 0.444 e. The molecule has 2 heterocycles. The van der Waals surface area contributed by atoms with Crippen molar-refractivity contribution >= 4 is 17.7 Å². The molecule has 0 radical (unpaired) electrons. The van der Waals surface area contributed by atoms with Crippen molar-refractivity contribution in [3.05, 3.63) is 18.2 Å². The van der Waals surface area contributed by atoms with E-state index in [1.54, 1.807) is 12.4 Å². The number of ether oxygens (including phenoxy) is 1. The standard InChI is InChI=1S/C19H30N4O3/c1-18(2,3)16-20-11-13(12-21-16)22-15(24)14-9-7-8-10-23(14)17(25)26-19(4,5)6/h11-12,14H,7-10H2,1-6H3,(H,22,24). The van der Waals surface area contributed by atoms with Crippen molar-refractivity contribution in [1.29, 1.82) is 0 Å². The number of anilines is 1. The lowest BCUT2D eigenvalue weighted by molar-refractivity contribution is -0.122. The van der Waals surface area contributed by atoms with Crippen molar-refractivity contribution in [1.82, 2.24) is 14.9 Å². The highest BCUT2D eigenvalue weighted by molar-refractivity contribution is 5.96. The molecule has 0 bridgehead atoms. The number of likely N-dealkylation sites (tertiary alicyclic amines) is 1. The maximum atomic E-state index is 12.7. The SMILES string of the molecule is CC(C)(C)OC(=O)N1CCCCC1C(=O)Nc1cnc(C(C)(C)C)nc1. The van der Waals surface area contributed by atoms with Crippen LogP contribution in [-0.2, 0) is 14.9 Å². The van der Waals surface area contributed by atoms with Crippen molar-refractivity contribution in [2.45, 2.75) is 77.9 Å². The van der Waals surface area contributed by atoms with E-state index in [1.807, 2.05) is 41.5 Å². The van der Waals surface area contributed by atoms with Crippen LogP contribution in [0.25, 0.3) is 0 Å². The summed E-state index contributed by atoms with van der Waals surface area (Å²) < 4.78 is 5.44. The minimum absolute atomic E-state index is 0.153. The Labute approximate surface area is 155 Å². The number of carbonyl (C=O) groups excluding carboxylic acids is 2. The average molecular weight is 362 g/mol. The molecule has 0 spiro atoms. The Morgan fingerprint density at radius 2 is 1.73 bits per heavy atom. The summed E-state index contributed by atoms with van der Waals surface area (Å²) >= 11 is 0. The van der Waals surface area contributed by atoms with E-state index in [0.29, 0.717) is 24.5 Å². The molecule has 2 rings (SSSR count). The van der Waals surface area contributed by atoms with Gasteiger partial charge in [-0.15, -0.1) is 0 Å². The number of nitrogens with one attached hydrogen (secondary N) is 1. The molecular formula is C19H30N4O3. The second-order valence-corrected chi connectivity index (χ2v) is 8.72.